The first kappa shape index (κ1) is 25.3. The molecule has 0 saturated carbocycles. The maximum Gasteiger partial charge on any atom is 0.356 e. The van der Waals surface area contributed by atoms with Crippen molar-refractivity contribution < 1.29 is 19.7 Å². The highest BCUT2D eigenvalue weighted by Gasteiger charge is 2.32. The van der Waals surface area contributed by atoms with Crippen LogP contribution in [0.5, 0.6) is 0 Å². The van der Waals surface area contributed by atoms with E-state index in [4.69, 9.17) is 0 Å². The zero-order chi connectivity index (χ0) is 28.6. The largest absolute Gasteiger partial charge is 0.356 e. The second-order valence-electron chi connectivity index (χ2n) is 8.04. The van der Waals surface area contributed by atoms with Crippen molar-refractivity contribution in [2.24, 2.45) is 0 Å². The predicted molar refractivity (Wildman–Crippen MR) is 141 cm³/mol. The van der Waals surface area contributed by atoms with E-state index in [0.717, 1.165) is 0 Å². The topological polar surface area (TPSA) is 224 Å². The number of pyridine rings is 4. The number of hydrogen-bond acceptors (Lipinski definition) is 12. The van der Waals surface area contributed by atoms with Gasteiger partial charge in [-0.15, -0.1) is 0 Å². The first-order chi connectivity index (χ1) is 19.2. The van der Waals surface area contributed by atoms with Gasteiger partial charge in [0, 0.05) is 36.9 Å². The minimum atomic E-state index is -0.755. The molecule has 0 aliphatic heterocycles. The Hall–Kier alpha value is -6.32. The summed E-state index contributed by atoms with van der Waals surface area (Å²) in [5, 5.41) is 45.2. The average Bonchev–Trinajstić information content (AvgIpc) is 2.95. The number of hydrogen-bond donors (Lipinski definition) is 0. The van der Waals surface area contributed by atoms with Gasteiger partial charge in [-0.25, -0.2) is 0 Å². The summed E-state index contributed by atoms with van der Waals surface area (Å²) in [5.74, 6) is 0. The van der Waals surface area contributed by atoms with Crippen LogP contribution in [0.4, 0.5) is 22.7 Å². The number of nitro benzene ring substituents is 2. The zero-order valence-corrected chi connectivity index (χ0v) is 19.8. The lowest BCUT2D eigenvalue weighted by molar-refractivity contribution is -0.420. The van der Waals surface area contributed by atoms with Gasteiger partial charge in [-0.05, 0) is 36.4 Å². The van der Waals surface area contributed by atoms with Crippen LogP contribution in [0.2, 0.25) is 0 Å². The van der Waals surface area contributed by atoms with Gasteiger partial charge < -0.3 is 0 Å². The third-order valence-corrected chi connectivity index (χ3v) is 5.91. The highest BCUT2D eigenvalue weighted by atomic mass is 16.6. The summed E-state index contributed by atoms with van der Waals surface area (Å²) in [6, 6.07) is 11.3. The van der Waals surface area contributed by atoms with Crippen LogP contribution in [-0.2, 0) is 0 Å². The van der Waals surface area contributed by atoms with Crippen molar-refractivity contribution in [3.63, 3.8) is 0 Å². The van der Waals surface area contributed by atoms with Gasteiger partial charge in [-0.2, -0.15) is 0 Å². The lowest BCUT2D eigenvalue weighted by Gasteiger charge is -2.04. The Bertz CT molecular complexity index is 1890. The van der Waals surface area contributed by atoms with E-state index in [-0.39, 0.29) is 44.2 Å². The van der Waals surface area contributed by atoms with Crippen LogP contribution in [-0.4, -0.2) is 39.6 Å². The average molecular weight is 540 g/mol. The molecule has 6 aromatic rings. The van der Waals surface area contributed by atoms with E-state index in [2.05, 4.69) is 19.9 Å². The van der Waals surface area contributed by atoms with Crippen molar-refractivity contribution in [3.05, 3.63) is 114 Å². The van der Waals surface area contributed by atoms with Crippen molar-refractivity contribution in [2.45, 2.75) is 0 Å². The van der Waals surface area contributed by atoms with E-state index in [1.165, 1.54) is 73.3 Å². The van der Waals surface area contributed by atoms with Crippen LogP contribution in [0, 0.1) is 40.5 Å². The lowest BCUT2D eigenvalue weighted by Crippen LogP contribution is -2.00. The molecule has 2 aromatic carbocycles. The lowest BCUT2D eigenvalue weighted by atomic mass is 10.1. The quantitative estimate of drug-likeness (QED) is 0.160. The molecule has 0 amide bonds. The van der Waals surface area contributed by atoms with Crippen LogP contribution in [0.3, 0.4) is 0 Å². The smallest absolute Gasteiger partial charge is 0.258 e. The van der Waals surface area contributed by atoms with Gasteiger partial charge in [0.2, 0.25) is 0 Å². The second kappa shape index (κ2) is 9.86. The first-order valence-corrected chi connectivity index (χ1v) is 11.1. The second-order valence-corrected chi connectivity index (χ2v) is 8.04. The van der Waals surface area contributed by atoms with Gasteiger partial charge in [0.25, 0.3) is 11.4 Å². The molecule has 0 fully saturated rings. The maximum atomic E-state index is 11.2. The third kappa shape index (κ3) is 4.16. The predicted octanol–water partition coefficient (Wildman–Crippen LogP) is 5.20. The molecule has 0 aliphatic rings. The summed E-state index contributed by atoms with van der Waals surface area (Å²) in [6.07, 6.45) is 5.51. The van der Waals surface area contributed by atoms with E-state index in [1.54, 1.807) is 0 Å². The molecular formula is C24H12N8O8. The van der Waals surface area contributed by atoms with E-state index in [0.29, 0.717) is 10.8 Å². The minimum Gasteiger partial charge on any atom is -0.258 e. The Labute approximate surface area is 220 Å². The summed E-state index contributed by atoms with van der Waals surface area (Å²) in [7, 11) is 0. The van der Waals surface area contributed by atoms with Crippen LogP contribution in [0.15, 0.2) is 73.3 Å². The molecule has 6 rings (SSSR count). The summed E-state index contributed by atoms with van der Waals surface area (Å²) < 4.78 is 0. The molecule has 0 aliphatic carbocycles. The molecular weight excluding hydrogens is 528 g/mol. The molecule has 40 heavy (non-hydrogen) atoms. The van der Waals surface area contributed by atoms with Gasteiger partial charge in [0.1, 0.15) is 22.1 Å². The van der Waals surface area contributed by atoms with Gasteiger partial charge in [-0.1, -0.05) is 0 Å². The Morgan fingerprint density at radius 1 is 0.425 bits per heavy atom. The van der Waals surface area contributed by atoms with Gasteiger partial charge in [0.15, 0.2) is 0 Å². The number of nitrogens with zero attached hydrogens (tertiary/aromatic N) is 8. The van der Waals surface area contributed by atoms with Crippen molar-refractivity contribution in [2.75, 3.05) is 0 Å². The van der Waals surface area contributed by atoms with E-state index in [1.807, 2.05) is 0 Å². The number of nitro groups is 4. The van der Waals surface area contributed by atoms with E-state index < -0.39 is 31.1 Å². The van der Waals surface area contributed by atoms with Crippen LogP contribution < -0.4 is 0 Å². The number of rotatable bonds is 4. The fraction of sp³-hybridized carbons (Fsp3) is 0. The summed E-state index contributed by atoms with van der Waals surface area (Å²) in [4.78, 5) is 58.1. The van der Waals surface area contributed by atoms with Gasteiger partial charge in [0.05, 0.1) is 41.2 Å². The number of benzene rings is 2. The third-order valence-electron chi connectivity index (χ3n) is 5.91. The molecule has 4 aromatic heterocycles. The van der Waals surface area contributed by atoms with Crippen molar-refractivity contribution >= 4 is 66.4 Å². The molecule has 4 heterocycles. The van der Waals surface area contributed by atoms with Crippen LogP contribution in [0.25, 0.3) is 43.6 Å². The monoisotopic (exact) mass is 540 g/mol. The van der Waals surface area contributed by atoms with Crippen LogP contribution in [0.1, 0.15) is 0 Å². The summed E-state index contributed by atoms with van der Waals surface area (Å²) in [6.45, 7) is 0. The molecule has 196 valence electrons. The summed E-state index contributed by atoms with van der Waals surface area (Å²) >= 11 is 0. The molecule has 0 unspecified atom stereocenters. The van der Waals surface area contributed by atoms with Crippen molar-refractivity contribution in [3.8, 4) is 0 Å². The number of fused-ring (bicyclic) bond motifs is 6. The van der Waals surface area contributed by atoms with Gasteiger partial charge >= 0.3 is 11.4 Å². The molecule has 0 spiro atoms. The molecule has 0 N–H and O–H groups in total. The van der Waals surface area contributed by atoms with Crippen molar-refractivity contribution in [1.82, 2.24) is 19.9 Å². The normalized spacial score (nSPS) is 10.8. The highest BCUT2D eigenvalue weighted by molar-refractivity contribution is 6.13. The Morgan fingerprint density at radius 3 is 1.12 bits per heavy atom. The Balaban J connectivity index is 0.000000161. The summed E-state index contributed by atoms with van der Waals surface area (Å²) in [5.41, 5.74) is -0.214. The SMILES string of the molecule is O=[N+]([O-])c1c([N+](=O)[O-])c2cccnc2c2ncccc12.O=[N+]([O-])c1ccnc2c1ccc1c([N+](=O)[O-])ccnc12. The zero-order valence-electron chi connectivity index (χ0n) is 19.8. The van der Waals surface area contributed by atoms with Crippen LogP contribution >= 0.6 is 0 Å². The standard InChI is InChI=1S/2C12H6N4O4/c17-15(18)11-7-3-1-5-13-9(7)10-8(4-2-6-14-10)12(11)16(19)20;17-15(18)9-3-5-13-11-7(9)1-2-8-10(16(19)20)4-6-14-12(8)11/h2*1-6H. The molecule has 0 radical (unpaired) electrons. The molecule has 0 bridgehead atoms. The first-order valence-electron chi connectivity index (χ1n) is 11.1. The maximum absolute atomic E-state index is 11.2. The Kier molecular flexibility index (Phi) is 6.24. The van der Waals surface area contributed by atoms with E-state index >= 15 is 0 Å². The van der Waals surface area contributed by atoms with Crippen molar-refractivity contribution in [1.29, 1.82) is 0 Å². The highest BCUT2D eigenvalue weighted by Crippen LogP contribution is 2.41. The Morgan fingerprint density at radius 2 is 0.775 bits per heavy atom. The minimum absolute atomic E-state index is 0.106. The fourth-order valence-corrected chi connectivity index (χ4v) is 4.31. The molecule has 0 saturated heterocycles. The number of aromatic nitrogens is 4. The molecule has 16 nitrogen and oxygen atoms in total. The molecule has 16 heteroatoms. The fourth-order valence-electron chi connectivity index (χ4n) is 4.31. The van der Waals surface area contributed by atoms with Gasteiger partial charge in [-0.3, -0.25) is 60.4 Å². The molecule has 0 atom stereocenters. The van der Waals surface area contributed by atoms with E-state index in [9.17, 15) is 40.5 Å².